The zero-order valence-corrected chi connectivity index (χ0v) is 12.0. The van der Waals surface area contributed by atoms with Crippen LogP contribution in [0.3, 0.4) is 0 Å². The van der Waals surface area contributed by atoms with Crippen molar-refractivity contribution in [2.75, 3.05) is 0 Å². The van der Waals surface area contributed by atoms with Crippen LogP contribution < -0.4 is 0 Å². The maximum Gasteiger partial charge on any atom is 0.303 e. The van der Waals surface area contributed by atoms with Crippen molar-refractivity contribution in [1.29, 1.82) is 0 Å². The first-order valence-electron chi connectivity index (χ1n) is 6.55. The smallest absolute Gasteiger partial charge is 0.303 e. The van der Waals surface area contributed by atoms with E-state index in [-0.39, 0.29) is 18.0 Å². The predicted octanol–water partition coefficient (Wildman–Crippen LogP) is 2.97. The summed E-state index contributed by atoms with van der Waals surface area (Å²) in [6.07, 6.45) is 3.40. The summed E-state index contributed by atoms with van der Waals surface area (Å²) in [5.41, 5.74) is 1.02. The van der Waals surface area contributed by atoms with E-state index in [1.165, 1.54) is 13.8 Å². The lowest BCUT2D eigenvalue weighted by atomic mass is 10.1. The molecule has 0 fully saturated rings. The standard InChI is InChI=1S/C16H20O4/c1-12(19-13(2)17)11-16(20-14(3)18)10-9-15-7-5-4-6-8-15/h4-10,12,16H,11H2,1-3H3. The van der Waals surface area contributed by atoms with Crippen LogP contribution in [0.25, 0.3) is 6.08 Å². The van der Waals surface area contributed by atoms with Gasteiger partial charge in [-0.1, -0.05) is 36.4 Å². The third-order valence-electron chi connectivity index (χ3n) is 2.55. The maximum atomic E-state index is 11.1. The summed E-state index contributed by atoms with van der Waals surface area (Å²) in [7, 11) is 0. The van der Waals surface area contributed by atoms with Crippen molar-refractivity contribution in [2.24, 2.45) is 0 Å². The quantitative estimate of drug-likeness (QED) is 0.749. The van der Waals surface area contributed by atoms with Gasteiger partial charge in [0, 0.05) is 20.3 Å². The van der Waals surface area contributed by atoms with Gasteiger partial charge in [0.05, 0.1) is 0 Å². The Balaban J connectivity index is 2.66. The van der Waals surface area contributed by atoms with E-state index in [2.05, 4.69) is 0 Å². The molecule has 1 rings (SSSR count). The van der Waals surface area contributed by atoms with E-state index in [0.717, 1.165) is 5.56 Å². The number of hydrogen-bond acceptors (Lipinski definition) is 4. The Morgan fingerprint density at radius 1 is 1.10 bits per heavy atom. The fourth-order valence-corrected chi connectivity index (χ4v) is 1.82. The molecule has 2 unspecified atom stereocenters. The lowest BCUT2D eigenvalue weighted by molar-refractivity contribution is -0.149. The Morgan fingerprint density at radius 2 is 1.70 bits per heavy atom. The summed E-state index contributed by atoms with van der Waals surface area (Å²) in [6.45, 7) is 4.49. The summed E-state index contributed by atoms with van der Waals surface area (Å²) in [5.74, 6) is -0.700. The van der Waals surface area contributed by atoms with Crippen LogP contribution in [0.2, 0.25) is 0 Å². The van der Waals surface area contributed by atoms with Gasteiger partial charge in [0.1, 0.15) is 12.2 Å². The van der Waals surface area contributed by atoms with Gasteiger partial charge in [-0.3, -0.25) is 9.59 Å². The lowest BCUT2D eigenvalue weighted by Crippen LogP contribution is -2.22. The van der Waals surface area contributed by atoms with Crippen LogP contribution in [0.15, 0.2) is 36.4 Å². The zero-order chi connectivity index (χ0) is 15.0. The van der Waals surface area contributed by atoms with Crippen LogP contribution in [0.4, 0.5) is 0 Å². The van der Waals surface area contributed by atoms with Crippen LogP contribution in [-0.4, -0.2) is 24.1 Å². The molecular formula is C16H20O4. The summed E-state index contributed by atoms with van der Waals surface area (Å²) in [4.78, 5) is 22.0. The predicted molar refractivity (Wildman–Crippen MR) is 76.9 cm³/mol. The molecule has 1 aromatic carbocycles. The first-order chi connectivity index (χ1) is 9.47. The van der Waals surface area contributed by atoms with E-state index >= 15 is 0 Å². The van der Waals surface area contributed by atoms with Crippen molar-refractivity contribution in [3.05, 3.63) is 42.0 Å². The van der Waals surface area contributed by atoms with Gasteiger partial charge < -0.3 is 9.47 Å². The van der Waals surface area contributed by atoms with Crippen molar-refractivity contribution in [3.63, 3.8) is 0 Å². The molecule has 0 aliphatic carbocycles. The van der Waals surface area contributed by atoms with Crippen LogP contribution in [0.1, 0.15) is 32.8 Å². The molecule has 0 amide bonds. The summed E-state index contributed by atoms with van der Waals surface area (Å²) >= 11 is 0. The Hall–Kier alpha value is -2.10. The molecule has 0 saturated carbocycles. The molecule has 0 spiro atoms. The number of esters is 2. The largest absolute Gasteiger partial charge is 0.463 e. The molecule has 0 bridgehead atoms. The van der Waals surface area contributed by atoms with E-state index < -0.39 is 6.10 Å². The van der Waals surface area contributed by atoms with Crippen LogP contribution >= 0.6 is 0 Å². The van der Waals surface area contributed by atoms with Crippen LogP contribution in [0.5, 0.6) is 0 Å². The van der Waals surface area contributed by atoms with Crippen molar-refractivity contribution < 1.29 is 19.1 Å². The fourth-order valence-electron chi connectivity index (χ4n) is 1.82. The fraction of sp³-hybridized carbons (Fsp3) is 0.375. The molecule has 4 nitrogen and oxygen atoms in total. The van der Waals surface area contributed by atoms with Gasteiger partial charge in [0.15, 0.2) is 0 Å². The van der Waals surface area contributed by atoms with E-state index in [1.807, 2.05) is 36.4 Å². The number of ether oxygens (including phenoxy) is 2. The highest BCUT2D eigenvalue weighted by molar-refractivity contribution is 5.67. The minimum Gasteiger partial charge on any atom is -0.463 e. The number of rotatable bonds is 6. The van der Waals surface area contributed by atoms with Gasteiger partial charge in [0.2, 0.25) is 0 Å². The molecule has 20 heavy (non-hydrogen) atoms. The van der Waals surface area contributed by atoms with Gasteiger partial charge >= 0.3 is 11.9 Å². The Labute approximate surface area is 119 Å². The van der Waals surface area contributed by atoms with Crippen molar-refractivity contribution in [3.8, 4) is 0 Å². The first kappa shape index (κ1) is 16.0. The molecule has 2 atom stereocenters. The molecule has 0 aliphatic rings. The third kappa shape index (κ3) is 6.73. The third-order valence-corrected chi connectivity index (χ3v) is 2.55. The minimum atomic E-state index is -0.415. The van der Waals surface area contributed by atoms with E-state index in [0.29, 0.717) is 6.42 Å². The highest BCUT2D eigenvalue weighted by atomic mass is 16.6. The number of carbonyl (C=O) groups excluding carboxylic acids is 2. The highest BCUT2D eigenvalue weighted by Gasteiger charge is 2.15. The topological polar surface area (TPSA) is 52.6 Å². The SMILES string of the molecule is CC(=O)OC(C)CC(C=Cc1ccccc1)OC(C)=O. The average molecular weight is 276 g/mol. The van der Waals surface area contributed by atoms with E-state index in [9.17, 15) is 9.59 Å². The lowest BCUT2D eigenvalue weighted by Gasteiger charge is -2.18. The van der Waals surface area contributed by atoms with Gasteiger partial charge in [0.25, 0.3) is 0 Å². The van der Waals surface area contributed by atoms with Crippen molar-refractivity contribution in [1.82, 2.24) is 0 Å². The highest BCUT2D eigenvalue weighted by Crippen LogP contribution is 2.11. The molecule has 108 valence electrons. The van der Waals surface area contributed by atoms with Crippen LogP contribution in [0, 0.1) is 0 Å². The Bertz CT molecular complexity index is 465. The Morgan fingerprint density at radius 3 is 2.25 bits per heavy atom. The first-order valence-corrected chi connectivity index (χ1v) is 6.55. The number of hydrogen-bond donors (Lipinski definition) is 0. The van der Waals surface area contributed by atoms with E-state index in [4.69, 9.17) is 9.47 Å². The monoisotopic (exact) mass is 276 g/mol. The molecule has 0 saturated heterocycles. The maximum absolute atomic E-state index is 11.1. The molecule has 0 N–H and O–H groups in total. The zero-order valence-electron chi connectivity index (χ0n) is 12.0. The van der Waals surface area contributed by atoms with Gasteiger partial charge in [-0.05, 0) is 18.6 Å². The second-order valence-corrected chi connectivity index (χ2v) is 4.57. The second-order valence-electron chi connectivity index (χ2n) is 4.57. The molecule has 0 heterocycles. The summed E-state index contributed by atoms with van der Waals surface area (Å²) in [5, 5.41) is 0. The molecule has 0 aliphatic heterocycles. The minimum absolute atomic E-state index is 0.308. The second kappa shape index (κ2) is 8.15. The number of carbonyl (C=O) groups is 2. The van der Waals surface area contributed by atoms with Gasteiger partial charge in [-0.25, -0.2) is 0 Å². The molecule has 0 aromatic heterocycles. The summed E-state index contributed by atoms with van der Waals surface area (Å²) in [6, 6.07) is 9.71. The molecule has 0 radical (unpaired) electrons. The van der Waals surface area contributed by atoms with Crippen LogP contribution in [-0.2, 0) is 19.1 Å². The normalized spacial score (nSPS) is 13.8. The average Bonchev–Trinajstić information content (AvgIpc) is 2.35. The van der Waals surface area contributed by atoms with Crippen molar-refractivity contribution >= 4 is 18.0 Å². The molecular weight excluding hydrogens is 256 g/mol. The molecule has 1 aromatic rings. The summed E-state index contributed by atoms with van der Waals surface area (Å²) < 4.78 is 10.3. The van der Waals surface area contributed by atoms with Gasteiger partial charge in [-0.15, -0.1) is 0 Å². The van der Waals surface area contributed by atoms with Crippen molar-refractivity contribution in [2.45, 2.75) is 39.4 Å². The van der Waals surface area contributed by atoms with Gasteiger partial charge in [-0.2, -0.15) is 0 Å². The number of benzene rings is 1. The molecule has 4 heteroatoms. The Kier molecular flexibility index (Phi) is 6.50. The van der Waals surface area contributed by atoms with E-state index in [1.54, 1.807) is 13.0 Å².